The second-order valence-corrected chi connectivity index (χ2v) is 2.28. The van der Waals surface area contributed by atoms with Crippen LogP contribution in [0.15, 0.2) is 25.0 Å². The highest BCUT2D eigenvalue weighted by Crippen LogP contribution is 1.87. The van der Waals surface area contributed by atoms with Gasteiger partial charge in [-0.1, -0.05) is 6.58 Å². The van der Waals surface area contributed by atoms with Crippen LogP contribution in [0.2, 0.25) is 0 Å². The second-order valence-electron chi connectivity index (χ2n) is 2.28. The fourth-order valence-corrected chi connectivity index (χ4v) is 0.811. The number of aromatic nitrogens is 2. The molecule has 0 aromatic carbocycles. The molecule has 1 aromatic heterocycles. The molecule has 0 spiro atoms. The first-order valence-electron chi connectivity index (χ1n) is 3.71. The number of nitrogens with zero attached hydrogens (tertiary/aromatic N) is 1. The number of hydrogen-bond acceptors (Lipinski definition) is 2. The fourth-order valence-electron chi connectivity index (χ4n) is 0.811. The van der Waals surface area contributed by atoms with Gasteiger partial charge in [0, 0.05) is 25.4 Å². The van der Waals surface area contributed by atoms with Crippen LogP contribution in [0.5, 0.6) is 0 Å². The van der Waals surface area contributed by atoms with E-state index >= 15 is 0 Å². The van der Waals surface area contributed by atoms with Gasteiger partial charge in [0.25, 0.3) is 0 Å². The van der Waals surface area contributed by atoms with Crippen molar-refractivity contribution in [2.75, 3.05) is 6.54 Å². The molecule has 64 valence electrons. The standard InChI is InChI=1S/C8H11N3O/c1-2-8(12)11-4-3-7-9-5-6-10-7/h2,5-6H,1,3-4H2,(H,9,10)(H,11,12). The molecule has 0 radical (unpaired) electrons. The zero-order valence-corrected chi connectivity index (χ0v) is 6.71. The van der Waals surface area contributed by atoms with Gasteiger partial charge in [-0.3, -0.25) is 4.79 Å². The minimum absolute atomic E-state index is 0.151. The molecule has 4 heteroatoms. The summed E-state index contributed by atoms with van der Waals surface area (Å²) in [4.78, 5) is 17.6. The molecule has 1 rings (SSSR count). The topological polar surface area (TPSA) is 57.8 Å². The van der Waals surface area contributed by atoms with E-state index in [9.17, 15) is 4.79 Å². The number of amides is 1. The molecule has 12 heavy (non-hydrogen) atoms. The minimum Gasteiger partial charge on any atom is -0.352 e. The van der Waals surface area contributed by atoms with Crippen LogP contribution >= 0.6 is 0 Å². The molecule has 1 amide bonds. The normalized spacial score (nSPS) is 9.33. The van der Waals surface area contributed by atoms with Crippen LogP contribution in [0.25, 0.3) is 0 Å². The third kappa shape index (κ3) is 2.57. The van der Waals surface area contributed by atoms with Crippen LogP contribution in [0.4, 0.5) is 0 Å². The van der Waals surface area contributed by atoms with E-state index in [1.54, 1.807) is 12.4 Å². The Morgan fingerprint density at radius 1 is 1.83 bits per heavy atom. The molecule has 1 aromatic rings. The van der Waals surface area contributed by atoms with Crippen molar-refractivity contribution in [3.8, 4) is 0 Å². The molecule has 4 nitrogen and oxygen atoms in total. The van der Waals surface area contributed by atoms with Crippen LogP contribution in [-0.2, 0) is 11.2 Å². The molecular weight excluding hydrogens is 154 g/mol. The van der Waals surface area contributed by atoms with Gasteiger partial charge >= 0.3 is 0 Å². The Hall–Kier alpha value is -1.58. The van der Waals surface area contributed by atoms with Gasteiger partial charge in [0.15, 0.2) is 0 Å². The number of rotatable bonds is 4. The summed E-state index contributed by atoms with van der Waals surface area (Å²) in [5.74, 6) is 0.723. The Bertz CT molecular complexity index is 253. The van der Waals surface area contributed by atoms with Gasteiger partial charge in [-0.25, -0.2) is 4.98 Å². The highest BCUT2D eigenvalue weighted by Gasteiger charge is 1.95. The third-order valence-electron chi connectivity index (χ3n) is 1.40. The Balaban J connectivity index is 2.19. The van der Waals surface area contributed by atoms with Crippen molar-refractivity contribution >= 4 is 5.91 Å². The molecule has 1 heterocycles. The van der Waals surface area contributed by atoms with Crippen molar-refractivity contribution in [3.63, 3.8) is 0 Å². The average molecular weight is 165 g/mol. The Morgan fingerprint density at radius 2 is 2.67 bits per heavy atom. The van der Waals surface area contributed by atoms with Crippen molar-refractivity contribution in [3.05, 3.63) is 30.9 Å². The molecule has 0 aliphatic carbocycles. The van der Waals surface area contributed by atoms with E-state index in [1.165, 1.54) is 6.08 Å². The Kier molecular flexibility index (Phi) is 3.07. The maximum Gasteiger partial charge on any atom is 0.243 e. The Morgan fingerprint density at radius 3 is 3.25 bits per heavy atom. The van der Waals surface area contributed by atoms with Gasteiger partial charge in [0.05, 0.1) is 0 Å². The van der Waals surface area contributed by atoms with Gasteiger partial charge in [0.1, 0.15) is 5.82 Å². The predicted molar refractivity (Wildman–Crippen MR) is 45.5 cm³/mol. The summed E-state index contributed by atoms with van der Waals surface area (Å²) >= 11 is 0. The van der Waals surface area contributed by atoms with Gasteiger partial charge in [-0.15, -0.1) is 0 Å². The lowest BCUT2D eigenvalue weighted by molar-refractivity contribution is -0.116. The molecule has 0 saturated carbocycles. The van der Waals surface area contributed by atoms with Gasteiger partial charge in [-0.2, -0.15) is 0 Å². The molecule has 0 bridgehead atoms. The molecule has 2 N–H and O–H groups in total. The number of nitrogens with one attached hydrogen (secondary N) is 2. The van der Waals surface area contributed by atoms with E-state index in [4.69, 9.17) is 0 Å². The quantitative estimate of drug-likeness (QED) is 0.628. The van der Waals surface area contributed by atoms with Crippen molar-refractivity contribution in [2.24, 2.45) is 0 Å². The summed E-state index contributed by atoms with van der Waals surface area (Å²) < 4.78 is 0. The highest BCUT2D eigenvalue weighted by molar-refractivity contribution is 5.86. The molecule has 0 saturated heterocycles. The first kappa shape index (κ1) is 8.52. The Labute approximate surface area is 70.7 Å². The fraction of sp³-hybridized carbons (Fsp3) is 0.250. The predicted octanol–water partition coefficient (Wildman–Crippen LogP) is 0.254. The van der Waals surface area contributed by atoms with Gasteiger partial charge in [0.2, 0.25) is 5.91 Å². The van der Waals surface area contributed by atoms with Crippen LogP contribution in [0.3, 0.4) is 0 Å². The summed E-state index contributed by atoms with van der Waals surface area (Å²) in [6, 6.07) is 0. The lowest BCUT2D eigenvalue weighted by Crippen LogP contribution is -2.23. The number of H-pyrrole nitrogens is 1. The van der Waals surface area contributed by atoms with E-state index in [0.29, 0.717) is 13.0 Å². The zero-order chi connectivity index (χ0) is 8.81. The molecule has 0 unspecified atom stereocenters. The van der Waals surface area contributed by atoms with Gasteiger partial charge < -0.3 is 10.3 Å². The lowest BCUT2D eigenvalue weighted by Gasteiger charge is -1.98. The highest BCUT2D eigenvalue weighted by atomic mass is 16.1. The molecule has 0 aliphatic heterocycles. The van der Waals surface area contributed by atoms with Crippen LogP contribution < -0.4 is 5.32 Å². The summed E-state index contributed by atoms with van der Waals surface area (Å²) in [5.41, 5.74) is 0. The lowest BCUT2D eigenvalue weighted by atomic mass is 10.4. The second kappa shape index (κ2) is 4.33. The largest absolute Gasteiger partial charge is 0.352 e. The average Bonchev–Trinajstić information content (AvgIpc) is 2.57. The third-order valence-corrected chi connectivity index (χ3v) is 1.40. The van der Waals surface area contributed by atoms with Crippen LogP contribution in [0, 0.1) is 0 Å². The van der Waals surface area contributed by atoms with Crippen molar-refractivity contribution in [1.29, 1.82) is 0 Å². The molecular formula is C8H11N3O. The maximum absolute atomic E-state index is 10.7. The number of imidazole rings is 1. The molecule has 0 aliphatic rings. The van der Waals surface area contributed by atoms with E-state index in [1.807, 2.05) is 0 Å². The smallest absolute Gasteiger partial charge is 0.243 e. The van der Waals surface area contributed by atoms with Gasteiger partial charge in [-0.05, 0) is 6.08 Å². The summed E-state index contributed by atoms with van der Waals surface area (Å²) in [6.45, 7) is 3.92. The summed E-state index contributed by atoms with van der Waals surface area (Å²) in [5, 5.41) is 2.65. The number of carbonyl (C=O) groups is 1. The van der Waals surface area contributed by atoms with Crippen LogP contribution in [-0.4, -0.2) is 22.4 Å². The summed E-state index contributed by atoms with van der Waals surface area (Å²) in [6.07, 6.45) is 5.41. The monoisotopic (exact) mass is 165 g/mol. The van der Waals surface area contributed by atoms with Crippen molar-refractivity contribution in [1.82, 2.24) is 15.3 Å². The van der Waals surface area contributed by atoms with Crippen molar-refractivity contribution in [2.45, 2.75) is 6.42 Å². The maximum atomic E-state index is 10.7. The molecule has 0 atom stereocenters. The van der Waals surface area contributed by atoms with E-state index in [-0.39, 0.29) is 5.91 Å². The van der Waals surface area contributed by atoms with E-state index in [2.05, 4.69) is 21.9 Å². The van der Waals surface area contributed by atoms with E-state index < -0.39 is 0 Å². The minimum atomic E-state index is -0.151. The van der Waals surface area contributed by atoms with Crippen LogP contribution in [0.1, 0.15) is 5.82 Å². The first-order chi connectivity index (χ1) is 5.83. The summed E-state index contributed by atoms with van der Waals surface area (Å²) in [7, 11) is 0. The SMILES string of the molecule is C=CC(=O)NCCc1ncc[nH]1. The molecule has 0 fully saturated rings. The van der Waals surface area contributed by atoms with Crippen molar-refractivity contribution < 1.29 is 4.79 Å². The number of hydrogen-bond donors (Lipinski definition) is 2. The zero-order valence-electron chi connectivity index (χ0n) is 6.71. The van der Waals surface area contributed by atoms with E-state index in [0.717, 1.165) is 5.82 Å². The number of aromatic amines is 1. The number of carbonyl (C=O) groups excluding carboxylic acids is 1. The first-order valence-corrected chi connectivity index (χ1v) is 3.71.